The van der Waals surface area contributed by atoms with E-state index in [9.17, 15) is 0 Å². The van der Waals surface area contributed by atoms with Gasteiger partial charge in [-0.25, -0.2) is 9.97 Å². The van der Waals surface area contributed by atoms with Crippen LogP contribution in [0.5, 0.6) is 0 Å². The van der Waals surface area contributed by atoms with Gasteiger partial charge in [0.2, 0.25) is 0 Å². The molecule has 0 saturated carbocycles. The van der Waals surface area contributed by atoms with Crippen molar-refractivity contribution in [2.75, 3.05) is 11.9 Å². The smallest absolute Gasteiger partial charge is 0.163 e. The molecule has 0 amide bonds. The third-order valence-corrected chi connectivity index (χ3v) is 3.90. The molecule has 1 aromatic carbocycles. The van der Waals surface area contributed by atoms with Gasteiger partial charge in [-0.15, -0.1) is 0 Å². The van der Waals surface area contributed by atoms with Crippen LogP contribution in [0.25, 0.3) is 22.4 Å². The Kier molecular flexibility index (Phi) is 3.90. The number of fused-ring (bicyclic) bond motifs is 1. The van der Waals surface area contributed by atoms with E-state index in [1.165, 1.54) is 5.56 Å². The van der Waals surface area contributed by atoms with Crippen molar-refractivity contribution in [2.24, 2.45) is 0 Å². The summed E-state index contributed by atoms with van der Waals surface area (Å²) in [5.74, 6) is 1.58. The summed E-state index contributed by atoms with van der Waals surface area (Å²) in [6.07, 6.45) is 6.44. The summed E-state index contributed by atoms with van der Waals surface area (Å²) in [5, 5.41) is 4.44. The molecule has 0 radical (unpaired) electrons. The summed E-state index contributed by atoms with van der Waals surface area (Å²) < 4.78 is 0. The third-order valence-electron chi connectivity index (χ3n) is 3.90. The Labute approximate surface area is 139 Å². The first-order valence-electron chi connectivity index (χ1n) is 7.93. The van der Waals surface area contributed by atoms with Crippen molar-refractivity contribution >= 4 is 16.9 Å². The number of nitrogens with one attached hydrogen (secondary N) is 2. The van der Waals surface area contributed by atoms with E-state index in [1.54, 1.807) is 0 Å². The van der Waals surface area contributed by atoms with Crippen molar-refractivity contribution in [3.63, 3.8) is 0 Å². The zero-order valence-corrected chi connectivity index (χ0v) is 13.1. The van der Waals surface area contributed by atoms with Gasteiger partial charge in [0.1, 0.15) is 11.5 Å². The highest BCUT2D eigenvalue weighted by atomic mass is 15.1. The van der Waals surface area contributed by atoms with Crippen LogP contribution in [0.4, 0.5) is 5.82 Å². The molecule has 5 nitrogen and oxygen atoms in total. The fraction of sp³-hybridized carbons (Fsp3) is 0.105. The van der Waals surface area contributed by atoms with Gasteiger partial charge in [-0.2, -0.15) is 0 Å². The lowest BCUT2D eigenvalue weighted by molar-refractivity contribution is 1.00. The summed E-state index contributed by atoms with van der Waals surface area (Å²) in [6.45, 7) is 0.801. The number of hydrogen-bond donors (Lipinski definition) is 2. The summed E-state index contributed by atoms with van der Waals surface area (Å²) >= 11 is 0. The highest BCUT2D eigenvalue weighted by Gasteiger charge is 2.09. The second-order valence-corrected chi connectivity index (χ2v) is 5.53. The first kappa shape index (κ1) is 14.4. The molecule has 0 fully saturated rings. The maximum atomic E-state index is 4.72. The predicted molar refractivity (Wildman–Crippen MR) is 95.8 cm³/mol. The average molecular weight is 315 g/mol. The van der Waals surface area contributed by atoms with Crippen LogP contribution in [0.3, 0.4) is 0 Å². The molecule has 118 valence electrons. The Bertz CT molecular complexity index is 932. The third kappa shape index (κ3) is 2.96. The minimum Gasteiger partial charge on any atom is -0.369 e. The number of H-pyrrole nitrogens is 1. The highest BCUT2D eigenvalue weighted by molar-refractivity contribution is 5.88. The maximum absolute atomic E-state index is 4.72. The molecule has 0 unspecified atom stereocenters. The topological polar surface area (TPSA) is 66.5 Å². The monoisotopic (exact) mass is 315 g/mol. The van der Waals surface area contributed by atoms with Crippen LogP contribution in [0, 0.1) is 0 Å². The summed E-state index contributed by atoms with van der Waals surface area (Å²) in [7, 11) is 0. The van der Waals surface area contributed by atoms with Gasteiger partial charge in [0.15, 0.2) is 5.82 Å². The molecule has 0 spiro atoms. The maximum Gasteiger partial charge on any atom is 0.163 e. The number of hydrogen-bond acceptors (Lipinski definition) is 4. The van der Waals surface area contributed by atoms with E-state index in [1.807, 2.05) is 67.1 Å². The standard InChI is InChI=1S/C19H17N5/c1-2-4-15(5-3-1)17-23-18(16-9-13-22-19(16)24-17)21-12-8-14-6-10-20-11-7-14/h1-7,9-11,13H,8,12H2,(H2,21,22,23,24). The lowest BCUT2D eigenvalue weighted by atomic mass is 10.2. The van der Waals surface area contributed by atoms with E-state index in [2.05, 4.69) is 20.3 Å². The van der Waals surface area contributed by atoms with Crippen LogP contribution in [0.1, 0.15) is 5.56 Å². The average Bonchev–Trinajstić information content (AvgIpc) is 3.12. The van der Waals surface area contributed by atoms with E-state index in [4.69, 9.17) is 4.98 Å². The second-order valence-electron chi connectivity index (χ2n) is 5.53. The van der Waals surface area contributed by atoms with Gasteiger partial charge in [0.25, 0.3) is 0 Å². The van der Waals surface area contributed by atoms with Crippen LogP contribution in [-0.2, 0) is 6.42 Å². The molecule has 24 heavy (non-hydrogen) atoms. The van der Waals surface area contributed by atoms with E-state index < -0.39 is 0 Å². The fourth-order valence-corrected chi connectivity index (χ4v) is 2.67. The Morgan fingerprint density at radius 2 is 1.75 bits per heavy atom. The van der Waals surface area contributed by atoms with Crippen LogP contribution >= 0.6 is 0 Å². The normalized spacial score (nSPS) is 10.8. The molecule has 4 rings (SSSR count). The van der Waals surface area contributed by atoms with Gasteiger partial charge in [0, 0.05) is 30.7 Å². The molecule has 0 bridgehead atoms. The SMILES string of the molecule is c1ccc(-c2nc(NCCc3ccncc3)c3cc[nH]c3n2)cc1. The molecule has 0 atom stereocenters. The Morgan fingerprint density at radius 3 is 2.58 bits per heavy atom. The first-order chi connectivity index (χ1) is 11.9. The molecule has 3 aromatic heterocycles. The van der Waals surface area contributed by atoms with Gasteiger partial charge >= 0.3 is 0 Å². The van der Waals surface area contributed by atoms with Gasteiger partial charge in [-0.3, -0.25) is 4.98 Å². The molecule has 0 aliphatic carbocycles. The molecule has 0 aliphatic heterocycles. The summed E-state index contributed by atoms with van der Waals surface area (Å²) in [4.78, 5) is 16.6. The molecule has 3 heterocycles. The quantitative estimate of drug-likeness (QED) is 0.589. The van der Waals surface area contributed by atoms with Crippen LogP contribution in [-0.4, -0.2) is 26.5 Å². The summed E-state index contributed by atoms with van der Waals surface area (Å²) in [5.41, 5.74) is 3.10. The van der Waals surface area contributed by atoms with Crippen LogP contribution in [0.2, 0.25) is 0 Å². The van der Waals surface area contributed by atoms with Crippen molar-refractivity contribution < 1.29 is 0 Å². The molecular weight excluding hydrogens is 298 g/mol. The molecule has 2 N–H and O–H groups in total. The zero-order valence-electron chi connectivity index (χ0n) is 13.1. The van der Waals surface area contributed by atoms with Gasteiger partial charge in [-0.1, -0.05) is 30.3 Å². The van der Waals surface area contributed by atoms with E-state index in [0.717, 1.165) is 41.2 Å². The molecule has 0 saturated heterocycles. The number of aromatic amines is 1. The predicted octanol–water partition coefficient (Wildman–Crippen LogP) is 3.67. The minimum atomic E-state index is 0.719. The molecule has 4 aromatic rings. The van der Waals surface area contributed by atoms with Crippen molar-refractivity contribution in [2.45, 2.75) is 6.42 Å². The largest absolute Gasteiger partial charge is 0.369 e. The van der Waals surface area contributed by atoms with E-state index in [0.29, 0.717) is 0 Å². The van der Waals surface area contributed by atoms with Crippen LogP contribution in [0.15, 0.2) is 67.1 Å². The lowest BCUT2D eigenvalue weighted by Gasteiger charge is -2.09. The number of rotatable bonds is 5. The zero-order chi connectivity index (χ0) is 16.2. The van der Waals surface area contributed by atoms with E-state index >= 15 is 0 Å². The van der Waals surface area contributed by atoms with Crippen molar-refractivity contribution in [1.29, 1.82) is 0 Å². The van der Waals surface area contributed by atoms with Crippen molar-refractivity contribution in [1.82, 2.24) is 19.9 Å². The van der Waals surface area contributed by atoms with Crippen molar-refractivity contribution in [3.8, 4) is 11.4 Å². The fourth-order valence-electron chi connectivity index (χ4n) is 2.67. The van der Waals surface area contributed by atoms with Gasteiger partial charge in [-0.05, 0) is 30.2 Å². The lowest BCUT2D eigenvalue weighted by Crippen LogP contribution is -2.08. The van der Waals surface area contributed by atoms with E-state index in [-0.39, 0.29) is 0 Å². The Balaban J connectivity index is 1.60. The summed E-state index contributed by atoms with van der Waals surface area (Å²) in [6, 6.07) is 16.1. The minimum absolute atomic E-state index is 0.719. The number of anilines is 1. The number of pyridine rings is 1. The second kappa shape index (κ2) is 6.50. The van der Waals surface area contributed by atoms with Crippen molar-refractivity contribution in [3.05, 3.63) is 72.7 Å². The Morgan fingerprint density at radius 1 is 0.917 bits per heavy atom. The number of aromatic nitrogens is 4. The molecule has 0 aliphatic rings. The van der Waals surface area contributed by atoms with Gasteiger partial charge in [0.05, 0.1) is 5.39 Å². The first-order valence-corrected chi connectivity index (χ1v) is 7.93. The molecule has 5 heteroatoms. The van der Waals surface area contributed by atoms with Gasteiger partial charge < -0.3 is 10.3 Å². The number of nitrogens with zero attached hydrogens (tertiary/aromatic N) is 3. The highest BCUT2D eigenvalue weighted by Crippen LogP contribution is 2.24. The Hall–Kier alpha value is -3.21. The molecular formula is C19H17N5. The van der Waals surface area contributed by atoms with Crippen LogP contribution < -0.4 is 5.32 Å². The number of benzene rings is 1.